The van der Waals surface area contributed by atoms with Crippen LogP contribution in [0.1, 0.15) is 36.0 Å². The van der Waals surface area contributed by atoms with Gasteiger partial charge in [-0.2, -0.15) is 0 Å². The van der Waals surface area contributed by atoms with Crippen LogP contribution in [0.5, 0.6) is 5.75 Å². The van der Waals surface area contributed by atoms with E-state index in [4.69, 9.17) is 33.3 Å². The number of carbonyl (C=O) groups is 3. The summed E-state index contributed by atoms with van der Waals surface area (Å²) < 4.78 is 10.6. The zero-order chi connectivity index (χ0) is 24.9. The second kappa shape index (κ2) is 14.2. The first-order valence-electron chi connectivity index (χ1n) is 10.7. The normalized spacial score (nSPS) is 10.2. The van der Waals surface area contributed by atoms with Crippen LogP contribution in [0, 0.1) is 13.8 Å². The van der Waals surface area contributed by atoms with Gasteiger partial charge in [0, 0.05) is 11.4 Å². The van der Waals surface area contributed by atoms with Crippen molar-refractivity contribution in [3.8, 4) is 5.75 Å². The minimum Gasteiger partial charge on any atom is -0.484 e. The summed E-state index contributed by atoms with van der Waals surface area (Å²) in [5, 5.41) is 2.92. The average molecular weight is 506 g/mol. The Hall–Kier alpha value is -3.17. The number of aryl methyl sites for hydroxylation is 3. The summed E-state index contributed by atoms with van der Waals surface area (Å²) in [6.07, 6.45) is 1.35. The molecule has 0 aromatic heterocycles. The summed E-state index contributed by atoms with van der Waals surface area (Å²) in [6.45, 7) is 3.71. The molecule has 2 amide bonds. The molecule has 2 rings (SSSR count). The molecular weight excluding hydrogens is 478 g/mol. The second-order valence-corrected chi connectivity index (χ2v) is 8.31. The summed E-state index contributed by atoms with van der Waals surface area (Å²) >= 11 is 11.1. The van der Waals surface area contributed by atoms with Crippen molar-refractivity contribution in [1.29, 1.82) is 0 Å². The average Bonchev–Trinajstić information content (AvgIpc) is 2.81. The minimum atomic E-state index is -0.499. The van der Waals surface area contributed by atoms with E-state index in [-0.39, 0.29) is 24.6 Å². The highest BCUT2D eigenvalue weighted by Gasteiger charge is 2.11. The summed E-state index contributed by atoms with van der Waals surface area (Å²) in [5.41, 5.74) is 7.59. The van der Waals surface area contributed by atoms with Crippen molar-refractivity contribution in [3.05, 3.63) is 64.2 Å². The number of hydrazine groups is 1. The molecule has 10 heteroatoms. The maximum Gasteiger partial charge on any atom is 0.306 e. The van der Waals surface area contributed by atoms with Gasteiger partial charge in [-0.05, 0) is 67.7 Å². The topological polar surface area (TPSA) is 106 Å². The van der Waals surface area contributed by atoms with Gasteiger partial charge in [-0.15, -0.1) is 0 Å². The first-order valence-corrected chi connectivity index (χ1v) is 11.5. The van der Waals surface area contributed by atoms with Crippen LogP contribution in [0.2, 0.25) is 5.02 Å². The molecule has 0 spiro atoms. The van der Waals surface area contributed by atoms with Gasteiger partial charge in [-0.3, -0.25) is 25.2 Å². The number of rotatable bonds is 10. The molecule has 0 aliphatic heterocycles. The molecule has 0 aliphatic carbocycles. The fraction of sp³-hybridized carbons (Fsp3) is 0.333. The Kier molecular flexibility index (Phi) is 11.3. The fourth-order valence-electron chi connectivity index (χ4n) is 2.92. The highest BCUT2D eigenvalue weighted by atomic mass is 35.5. The molecule has 0 aliphatic rings. The Morgan fingerprint density at radius 1 is 0.971 bits per heavy atom. The van der Waals surface area contributed by atoms with Gasteiger partial charge < -0.3 is 14.8 Å². The molecule has 0 heterocycles. The van der Waals surface area contributed by atoms with Crippen molar-refractivity contribution < 1.29 is 23.9 Å². The van der Waals surface area contributed by atoms with Crippen molar-refractivity contribution >= 4 is 46.7 Å². The van der Waals surface area contributed by atoms with Crippen molar-refractivity contribution in [2.24, 2.45) is 0 Å². The maximum absolute atomic E-state index is 11.9. The Bertz CT molecular complexity index is 994. The molecule has 0 saturated carbocycles. The Morgan fingerprint density at radius 3 is 2.32 bits per heavy atom. The molecule has 0 saturated heterocycles. The Labute approximate surface area is 209 Å². The molecule has 0 atom stereocenters. The number of thiocarbonyl (C=S) groups is 1. The molecule has 34 heavy (non-hydrogen) atoms. The third kappa shape index (κ3) is 10.2. The molecule has 0 radical (unpaired) electrons. The molecule has 2 aromatic rings. The van der Waals surface area contributed by atoms with Crippen LogP contribution in [0.3, 0.4) is 0 Å². The Morgan fingerprint density at radius 2 is 1.65 bits per heavy atom. The molecule has 0 bridgehead atoms. The van der Waals surface area contributed by atoms with Crippen molar-refractivity contribution in [1.82, 2.24) is 16.2 Å². The number of carbonyl (C=O) groups excluding carboxylic acids is 3. The minimum absolute atomic E-state index is 0.0695. The van der Waals surface area contributed by atoms with Crippen LogP contribution in [0.25, 0.3) is 0 Å². The number of esters is 1. The van der Waals surface area contributed by atoms with Crippen LogP contribution >= 0.6 is 23.8 Å². The van der Waals surface area contributed by atoms with E-state index in [1.165, 1.54) is 5.56 Å². The van der Waals surface area contributed by atoms with Crippen LogP contribution in [-0.4, -0.2) is 36.1 Å². The summed E-state index contributed by atoms with van der Waals surface area (Å²) in [5.74, 6) is -0.921. The molecular formula is C24H28ClN3O5S. The first kappa shape index (κ1) is 27.1. The van der Waals surface area contributed by atoms with Crippen LogP contribution in [-0.2, 0) is 25.5 Å². The van der Waals surface area contributed by atoms with E-state index in [1.54, 1.807) is 12.1 Å². The monoisotopic (exact) mass is 505 g/mol. The highest BCUT2D eigenvalue weighted by Crippen LogP contribution is 2.25. The van der Waals surface area contributed by atoms with E-state index in [1.807, 2.05) is 44.2 Å². The lowest BCUT2D eigenvalue weighted by Crippen LogP contribution is -2.49. The van der Waals surface area contributed by atoms with Crippen LogP contribution in [0.15, 0.2) is 42.5 Å². The predicted molar refractivity (Wildman–Crippen MR) is 133 cm³/mol. The molecule has 3 N–H and O–H groups in total. The number of benzene rings is 2. The smallest absolute Gasteiger partial charge is 0.306 e. The quantitative estimate of drug-likeness (QED) is 0.197. The van der Waals surface area contributed by atoms with E-state index >= 15 is 0 Å². The third-order valence-electron chi connectivity index (χ3n) is 4.62. The van der Waals surface area contributed by atoms with E-state index in [2.05, 4.69) is 16.2 Å². The maximum atomic E-state index is 11.9. The molecule has 0 unspecified atom stereocenters. The SMILES string of the molecule is Cc1cc(OCC(=O)NNC(=S)NC(=O)CCC(=O)OCCCc2ccccc2)cc(C)c1Cl. The van der Waals surface area contributed by atoms with E-state index < -0.39 is 17.8 Å². The Balaban J connectivity index is 1.56. The lowest BCUT2D eigenvalue weighted by molar-refractivity contribution is -0.145. The van der Waals surface area contributed by atoms with Crippen LogP contribution < -0.4 is 20.9 Å². The molecule has 182 valence electrons. The third-order valence-corrected chi connectivity index (χ3v) is 5.42. The lowest BCUT2D eigenvalue weighted by atomic mass is 10.1. The van der Waals surface area contributed by atoms with Gasteiger partial charge in [0.05, 0.1) is 13.0 Å². The van der Waals surface area contributed by atoms with Gasteiger partial charge in [0.2, 0.25) is 5.91 Å². The van der Waals surface area contributed by atoms with Crippen molar-refractivity contribution in [2.75, 3.05) is 13.2 Å². The summed E-state index contributed by atoms with van der Waals surface area (Å²) in [7, 11) is 0. The molecule has 2 aromatic carbocycles. The lowest BCUT2D eigenvalue weighted by Gasteiger charge is -2.12. The van der Waals surface area contributed by atoms with E-state index in [0.29, 0.717) is 23.8 Å². The zero-order valence-corrected chi connectivity index (χ0v) is 20.7. The van der Waals surface area contributed by atoms with E-state index in [9.17, 15) is 14.4 Å². The number of nitrogens with one attached hydrogen (secondary N) is 3. The second-order valence-electron chi connectivity index (χ2n) is 7.52. The van der Waals surface area contributed by atoms with Gasteiger partial charge in [0.15, 0.2) is 11.7 Å². The summed E-state index contributed by atoms with van der Waals surface area (Å²) in [6, 6.07) is 13.4. The number of hydrogen-bond acceptors (Lipinski definition) is 6. The largest absolute Gasteiger partial charge is 0.484 e. The van der Waals surface area contributed by atoms with Crippen molar-refractivity contribution in [2.45, 2.75) is 39.5 Å². The van der Waals surface area contributed by atoms with Gasteiger partial charge in [-0.1, -0.05) is 41.9 Å². The number of ether oxygens (including phenoxy) is 2. The standard InChI is InChI=1S/C24H28ClN3O5S/c1-16-13-19(14-17(2)23(16)25)33-15-21(30)27-28-24(34)26-20(29)10-11-22(31)32-12-6-9-18-7-4-3-5-8-18/h3-5,7-8,13-14H,6,9-12,15H2,1-2H3,(H,27,30)(H2,26,28,29,34). The zero-order valence-electron chi connectivity index (χ0n) is 19.1. The van der Waals surface area contributed by atoms with E-state index in [0.717, 1.165) is 17.5 Å². The molecule has 0 fully saturated rings. The van der Waals surface area contributed by atoms with Gasteiger partial charge >= 0.3 is 5.97 Å². The first-order chi connectivity index (χ1) is 16.2. The number of halogens is 1. The number of amides is 2. The predicted octanol–water partition coefficient (Wildman–Crippen LogP) is 3.31. The fourth-order valence-corrected chi connectivity index (χ4v) is 3.19. The molecule has 8 nitrogen and oxygen atoms in total. The van der Waals surface area contributed by atoms with Gasteiger partial charge in [-0.25, -0.2) is 0 Å². The summed E-state index contributed by atoms with van der Waals surface area (Å²) in [4.78, 5) is 35.6. The van der Waals surface area contributed by atoms with Gasteiger partial charge in [0.25, 0.3) is 5.91 Å². The van der Waals surface area contributed by atoms with Crippen LogP contribution in [0.4, 0.5) is 0 Å². The van der Waals surface area contributed by atoms with Crippen molar-refractivity contribution in [3.63, 3.8) is 0 Å². The van der Waals surface area contributed by atoms with Gasteiger partial charge in [0.1, 0.15) is 5.75 Å². The number of hydrogen-bond donors (Lipinski definition) is 3. The highest BCUT2D eigenvalue weighted by molar-refractivity contribution is 7.80.